The summed E-state index contributed by atoms with van der Waals surface area (Å²) in [6.07, 6.45) is 0.754. The monoisotopic (exact) mass is 404 g/mol. The van der Waals surface area contributed by atoms with Crippen molar-refractivity contribution in [1.82, 2.24) is 4.98 Å². The molecule has 2 aliphatic rings. The average molecular weight is 405 g/mol. The molecule has 2 aromatic carbocycles. The molecule has 0 unspecified atom stereocenters. The van der Waals surface area contributed by atoms with Crippen molar-refractivity contribution in [2.75, 3.05) is 4.90 Å². The van der Waals surface area contributed by atoms with Crippen LogP contribution in [0, 0.1) is 0 Å². The van der Waals surface area contributed by atoms with Crippen molar-refractivity contribution >= 4 is 29.2 Å². The molecule has 1 saturated carbocycles. The molecule has 0 radical (unpaired) electrons. The van der Waals surface area contributed by atoms with Crippen LogP contribution in [0.1, 0.15) is 39.6 Å². The van der Waals surface area contributed by atoms with Crippen LogP contribution in [0.15, 0.2) is 66.7 Å². The molecule has 1 aliphatic heterocycles. The van der Waals surface area contributed by atoms with E-state index < -0.39 is 11.4 Å². The van der Waals surface area contributed by atoms with Crippen molar-refractivity contribution in [3.63, 3.8) is 0 Å². The lowest BCUT2D eigenvalue weighted by Gasteiger charge is -2.18. The molecular weight excluding hydrogens is 388 g/mol. The van der Waals surface area contributed by atoms with E-state index >= 15 is 0 Å². The normalized spacial score (nSPS) is 22.0. The summed E-state index contributed by atoms with van der Waals surface area (Å²) in [5.74, 6) is -0.931. The number of para-hydroxylation sites is 1. The second kappa shape index (κ2) is 6.42. The van der Waals surface area contributed by atoms with Gasteiger partial charge in [-0.3, -0.25) is 4.79 Å². The number of carbonyl (C=O) groups excluding carboxylic acids is 1. The average Bonchev–Trinajstić information content (AvgIpc) is 3.44. The van der Waals surface area contributed by atoms with Crippen LogP contribution in [0.4, 0.5) is 5.69 Å². The Hall–Kier alpha value is -3.18. The summed E-state index contributed by atoms with van der Waals surface area (Å²) in [5.41, 5.74) is 2.96. The lowest BCUT2D eigenvalue weighted by atomic mass is 9.92. The zero-order valence-corrected chi connectivity index (χ0v) is 16.1. The van der Waals surface area contributed by atoms with E-state index in [0.717, 1.165) is 23.2 Å². The van der Waals surface area contributed by atoms with Gasteiger partial charge >= 0.3 is 5.97 Å². The van der Waals surface area contributed by atoms with Crippen LogP contribution in [-0.2, 0) is 16.8 Å². The Morgan fingerprint density at radius 1 is 1.10 bits per heavy atom. The van der Waals surface area contributed by atoms with Crippen molar-refractivity contribution in [2.45, 2.75) is 24.3 Å². The number of carbonyl (C=O) groups is 2. The minimum atomic E-state index is -1.08. The summed E-state index contributed by atoms with van der Waals surface area (Å²) < 4.78 is 0. The van der Waals surface area contributed by atoms with Gasteiger partial charge < -0.3 is 10.0 Å². The molecule has 5 nitrogen and oxygen atoms in total. The lowest BCUT2D eigenvalue weighted by Crippen LogP contribution is -2.32. The lowest BCUT2D eigenvalue weighted by molar-refractivity contribution is -0.120. The second-order valence-corrected chi connectivity index (χ2v) is 7.94. The van der Waals surface area contributed by atoms with Gasteiger partial charge in [-0.1, -0.05) is 48.0 Å². The van der Waals surface area contributed by atoms with E-state index in [1.54, 1.807) is 17.0 Å². The molecule has 6 heteroatoms. The Labute approximate surface area is 172 Å². The number of carboxylic acids is 1. The molecule has 3 aromatic rings. The molecule has 2 atom stereocenters. The quantitative estimate of drug-likeness (QED) is 0.699. The molecule has 1 spiro atoms. The number of hydrogen-bond donors (Lipinski definition) is 1. The maximum Gasteiger partial charge on any atom is 0.354 e. The number of hydrogen-bond acceptors (Lipinski definition) is 3. The number of fused-ring (bicyclic) bond motifs is 2. The highest BCUT2D eigenvalue weighted by Gasteiger charge is 2.67. The number of carboxylic acid groups (broad SMARTS) is 1. The molecule has 0 saturated heterocycles. The number of rotatable bonds is 4. The fourth-order valence-corrected chi connectivity index (χ4v) is 4.58. The molecule has 144 valence electrons. The van der Waals surface area contributed by atoms with Crippen molar-refractivity contribution in [3.05, 3.63) is 94.3 Å². The number of halogens is 1. The van der Waals surface area contributed by atoms with Gasteiger partial charge in [-0.15, -0.1) is 0 Å². The molecule has 1 aromatic heterocycles. The van der Waals surface area contributed by atoms with Crippen LogP contribution in [0.3, 0.4) is 0 Å². The summed E-state index contributed by atoms with van der Waals surface area (Å²) >= 11 is 6.02. The standard InChI is InChI=1S/C23H17ClN2O3/c24-15-10-8-14(9-11-15)18-12-23(18)17-5-1-2-7-20(17)26(22(23)29)13-16-4-3-6-19(25-16)21(27)28/h1-11,18H,12-13H2,(H,27,28)/t18-,23-/m1/s1. The maximum absolute atomic E-state index is 13.6. The van der Waals surface area contributed by atoms with Crippen LogP contribution in [0.2, 0.25) is 5.02 Å². The smallest absolute Gasteiger partial charge is 0.354 e. The Morgan fingerprint density at radius 2 is 1.86 bits per heavy atom. The second-order valence-electron chi connectivity index (χ2n) is 7.51. The topological polar surface area (TPSA) is 70.5 Å². The number of pyridine rings is 1. The predicted octanol–water partition coefficient (Wildman–Crippen LogP) is 4.41. The van der Waals surface area contributed by atoms with Gasteiger partial charge in [0.05, 0.1) is 17.7 Å². The molecule has 1 amide bonds. The van der Waals surface area contributed by atoms with Crippen LogP contribution >= 0.6 is 11.6 Å². The van der Waals surface area contributed by atoms with Crippen LogP contribution in [0.5, 0.6) is 0 Å². The summed E-state index contributed by atoms with van der Waals surface area (Å²) in [5, 5.41) is 9.87. The molecule has 1 fully saturated rings. The van der Waals surface area contributed by atoms with Crippen molar-refractivity contribution in [1.29, 1.82) is 0 Å². The van der Waals surface area contributed by atoms with Gasteiger partial charge in [-0.2, -0.15) is 0 Å². The van der Waals surface area contributed by atoms with Gasteiger partial charge in [-0.05, 0) is 47.9 Å². The molecule has 5 rings (SSSR count). The van der Waals surface area contributed by atoms with Gasteiger partial charge in [0.1, 0.15) is 5.69 Å². The van der Waals surface area contributed by atoms with Crippen LogP contribution in [-0.4, -0.2) is 22.0 Å². The number of nitrogens with zero attached hydrogens (tertiary/aromatic N) is 2. The maximum atomic E-state index is 13.6. The highest BCUT2D eigenvalue weighted by Crippen LogP contribution is 2.66. The first kappa shape index (κ1) is 17.9. The van der Waals surface area contributed by atoms with Crippen molar-refractivity contribution < 1.29 is 14.7 Å². The first-order valence-electron chi connectivity index (χ1n) is 9.37. The summed E-state index contributed by atoms with van der Waals surface area (Å²) in [6.45, 7) is 0.242. The van der Waals surface area contributed by atoms with E-state index in [2.05, 4.69) is 4.98 Å². The zero-order chi connectivity index (χ0) is 20.2. The molecule has 1 N–H and O–H groups in total. The number of benzene rings is 2. The van der Waals surface area contributed by atoms with E-state index in [1.165, 1.54) is 6.07 Å². The van der Waals surface area contributed by atoms with Crippen molar-refractivity contribution in [2.24, 2.45) is 0 Å². The minimum absolute atomic E-state index is 0.0254. The summed E-state index contributed by atoms with van der Waals surface area (Å²) in [4.78, 5) is 30.7. The Kier molecular flexibility index (Phi) is 3.96. The van der Waals surface area contributed by atoms with Gasteiger partial charge in [0, 0.05) is 16.6 Å². The summed E-state index contributed by atoms with van der Waals surface area (Å²) in [6, 6.07) is 20.4. The number of aromatic carboxylic acids is 1. The predicted molar refractivity (Wildman–Crippen MR) is 109 cm³/mol. The van der Waals surface area contributed by atoms with E-state index in [9.17, 15) is 14.7 Å². The van der Waals surface area contributed by atoms with Gasteiger partial charge in [-0.25, -0.2) is 9.78 Å². The fourth-order valence-electron chi connectivity index (χ4n) is 4.45. The highest BCUT2D eigenvalue weighted by molar-refractivity contribution is 6.30. The van der Waals surface area contributed by atoms with Gasteiger partial charge in [0.15, 0.2) is 0 Å². The number of anilines is 1. The van der Waals surface area contributed by atoms with Gasteiger partial charge in [0.2, 0.25) is 5.91 Å². The minimum Gasteiger partial charge on any atom is -0.477 e. The van der Waals surface area contributed by atoms with E-state index in [1.807, 2.05) is 48.5 Å². The zero-order valence-electron chi connectivity index (χ0n) is 15.4. The Bertz CT molecular complexity index is 1140. The molecule has 29 heavy (non-hydrogen) atoms. The Balaban J connectivity index is 1.51. The number of aromatic nitrogens is 1. The SMILES string of the molecule is O=C(O)c1cccc(CN2C(=O)[C@]3(C[C@@H]3c3ccc(Cl)cc3)c3ccccc32)n1. The molecular formula is C23H17ClN2O3. The first-order valence-corrected chi connectivity index (χ1v) is 9.74. The van der Waals surface area contributed by atoms with Gasteiger partial charge in [0.25, 0.3) is 0 Å². The third-order valence-corrected chi connectivity index (χ3v) is 6.13. The Morgan fingerprint density at radius 3 is 2.62 bits per heavy atom. The van der Waals surface area contributed by atoms with Crippen molar-refractivity contribution in [3.8, 4) is 0 Å². The third kappa shape index (κ3) is 2.73. The summed E-state index contributed by atoms with van der Waals surface area (Å²) in [7, 11) is 0. The molecule has 0 bridgehead atoms. The fraction of sp³-hybridized carbons (Fsp3) is 0.174. The van der Waals surface area contributed by atoms with E-state index in [-0.39, 0.29) is 24.1 Å². The highest BCUT2D eigenvalue weighted by atomic mass is 35.5. The number of amides is 1. The van der Waals surface area contributed by atoms with Crippen LogP contribution in [0.25, 0.3) is 0 Å². The third-order valence-electron chi connectivity index (χ3n) is 5.88. The van der Waals surface area contributed by atoms with E-state index in [0.29, 0.717) is 10.7 Å². The molecule has 2 heterocycles. The first-order chi connectivity index (χ1) is 14.0. The molecule has 1 aliphatic carbocycles. The largest absolute Gasteiger partial charge is 0.477 e. The van der Waals surface area contributed by atoms with E-state index in [4.69, 9.17) is 11.6 Å². The van der Waals surface area contributed by atoms with Crippen LogP contribution < -0.4 is 4.90 Å².